The van der Waals surface area contributed by atoms with Crippen LogP contribution in [0, 0.1) is 0 Å². The Morgan fingerprint density at radius 1 is 1.00 bits per heavy atom. The maximum absolute atomic E-state index is 15.9. The van der Waals surface area contributed by atoms with Crippen LogP contribution >= 0.6 is 0 Å². The largest absolute Gasteiger partial charge is 0.355 e. The van der Waals surface area contributed by atoms with E-state index < -0.39 is 15.5 Å². The summed E-state index contributed by atoms with van der Waals surface area (Å²) < 4.78 is 39.6. The van der Waals surface area contributed by atoms with Gasteiger partial charge in [0.05, 0.1) is 23.9 Å². The summed E-state index contributed by atoms with van der Waals surface area (Å²) in [5.41, 5.74) is -0.417. The summed E-state index contributed by atoms with van der Waals surface area (Å²) in [4.78, 5) is 17.3. The molecule has 0 radical (unpaired) electrons. The Kier molecular flexibility index (Phi) is 4.80. The zero-order valence-corrected chi connectivity index (χ0v) is 18.1. The van der Waals surface area contributed by atoms with E-state index in [-0.39, 0.29) is 18.3 Å². The number of hydrogen-bond donors (Lipinski definition) is 0. The lowest BCUT2D eigenvalue weighted by Gasteiger charge is -2.46. The number of para-hydroxylation sites is 1. The fourth-order valence-electron chi connectivity index (χ4n) is 4.48. The van der Waals surface area contributed by atoms with Crippen molar-refractivity contribution in [3.63, 3.8) is 0 Å². The highest BCUT2D eigenvalue weighted by Crippen LogP contribution is 2.41. The van der Waals surface area contributed by atoms with Gasteiger partial charge in [-0.2, -0.15) is 0 Å². The fourth-order valence-corrected chi connectivity index (χ4v) is 5.54. The minimum absolute atomic E-state index is 0.157. The molecule has 2 fully saturated rings. The first kappa shape index (κ1) is 20.1. The second kappa shape index (κ2) is 7.40. The normalized spacial score (nSPS) is 19.4. The van der Waals surface area contributed by atoms with Crippen LogP contribution in [0.1, 0.15) is 18.5 Å². The quantitative estimate of drug-likeness (QED) is 0.616. The smallest absolute Gasteiger partial charge is 0.190 e. The summed E-state index contributed by atoms with van der Waals surface area (Å²) in [6.07, 6.45) is 5.39. The standard InChI is InChI=1S/C22H24FN5O2S/c1-31(29,30)17-8-12-27(13-9-17)21-20(24-10-11-25-21)22(23)14-28(15-22)19-7-6-16-4-2-3-5-18(16)26-19/h2-7,10-11,17H,8-9,12-15H2,1H3. The van der Waals surface area contributed by atoms with E-state index in [1.54, 1.807) is 6.20 Å². The molecule has 162 valence electrons. The van der Waals surface area contributed by atoms with Crippen LogP contribution in [0.15, 0.2) is 48.8 Å². The van der Waals surface area contributed by atoms with Crippen molar-refractivity contribution in [3.05, 3.63) is 54.5 Å². The third-order valence-corrected chi connectivity index (χ3v) is 7.92. The van der Waals surface area contributed by atoms with Gasteiger partial charge in [0, 0.05) is 37.1 Å². The van der Waals surface area contributed by atoms with Crippen molar-refractivity contribution >= 4 is 32.4 Å². The van der Waals surface area contributed by atoms with Gasteiger partial charge >= 0.3 is 0 Å². The number of alkyl halides is 1. The average Bonchev–Trinajstić information content (AvgIpc) is 2.76. The van der Waals surface area contributed by atoms with Gasteiger partial charge in [-0.1, -0.05) is 18.2 Å². The number of halogens is 1. The summed E-state index contributed by atoms with van der Waals surface area (Å²) in [6, 6.07) is 11.8. The Balaban J connectivity index is 1.34. The van der Waals surface area contributed by atoms with Crippen molar-refractivity contribution in [1.82, 2.24) is 15.0 Å². The number of nitrogens with zero attached hydrogens (tertiary/aromatic N) is 5. The molecule has 31 heavy (non-hydrogen) atoms. The van der Waals surface area contributed by atoms with Gasteiger partial charge in [0.1, 0.15) is 21.3 Å². The molecule has 7 nitrogen and oxygen atoms in total. The van der Waals surface area contributed by atoms with Crippen LogP contribution in [0.3, 0.4) is 0 Å². The van der Waals surface area contributed by atoms with Gasteiger partial charge in [0.15, 0.2) is 11.5 Å². The molecule has 9 heteroatoms. The molecular formula is C22H24FN5O2S. The molecule has 0 amide bonds. The molecule has 3 aromatic rings. The summed E-state index contributed by atoms with van der Waals surface area (Å²) in [5.74, 6) is 1.26. The van der Waals surface area contributed by atoms with Gasteiger partial charge in [-0.05, 0) is 31.0 Å². The van der Waals surface area contributed by atoms with Crippen LogP contribution in [0.5, 0.6) is 0 Å². The molecule has 5 rings (SSSR count). The molecule has 2 saturated heterocycles. The van der Waals surface area contributed by atoms with E-state index in [0.717, 1.165) is 16.7 Å². The minimum Gasteiger partial charge on any atom is -0.355 e. The van der Waals surface area contributed by atoms with E-state index in [1.807, 2.05) is 46.2 Å². The average molecular weight is 442 g/mol. The van der Waals surface area contributed by atoms with Crippen LogP contribution < -0.4 is 9.80 Å². The third kappa shape index (κ3) is 3.71. The third-order valence-electron chi connectivity index (χ3n) is 6.24. The van der Waals surface area contributed by atoms with E-state index in [1.165, 1.54) is 12.5 Å². The molecule has 2 aromatic heterocycles. The maximum Gasteiger partial charge on any atom is 0.190 e. The number of aromatic nitrogens is 3. The van der Waals surface area contributed by atoms with Gasteiger partial charge in [0.2, 0.25) is 0 Å². The van der Waals surface area contributed by atoms with E-state index in [4.69, 9.17) is 0 Å². The predicted molar refractivity (Wildman–Crippen MR) is 119 cm³/mol. The van der Waals surface area contributed by atoms with E-state index >= 15 is 4.39 Å². The van der Waals surface area contributed by atoms with Crippen LogP contribution in [0.2, 0.25) is 0 Å². The second-order valence-electron chi connectivity index (χ2n) is 8.43. The Hall–Kier alpha value is -2.81. The fraction of sp³-hybridized carbons (Fsp3) is 0.409. The molecule has 4 heterocycles. The van der Waals surface area contributed by atoms with Crippen molar-refractivity contribution < 1.29 is 12.8 Å². The molecule has 2 aliphatic rings. The minimum atomic E-state index is -3.07. The van der Waals surface area contributed by atoms with Crippen LogP contribution in [0.4, 0.5) is 16.0 Å². The van der Waals surface area contributed by atoms with E-state index in [2.05, 4.69) is 15.0 Å². The molecule has 2 aliphatic heterocycles. The first-order valence-electron chi connectivity index (χ1n) is 10.4. The Morgan fingerprint density at radius 2 is 1.71 bits per heavy atom. The molecule has 1 aromatic carbocycles. The number of anilines is 2. The number of piperidine rings is 1. The molecule has 0 unspecified atom stereocenters. The van der Waals surface area contributed by atoms with Crippen molar-refractivity contribution in [2.75, 3.05) is 42.2 Å². The van der Waals surface area contributed by atoms with Gasteiger partial charge in [0.25, 0.3) is 0 Å². The molecule has 0 spiro atoms. The van der Waals surface area contributed by atoms with Crippen LogP contribution in [-0.4, -0.2) is 61.1 Å². The zero-order valence-electron chi connectivity index (χ0n) is 17.3. The Bertz CT molecular complexity index is 1220. The van der Waals surface area contributed by atoms with Crippen molar-refractivity contribution in [3.8, 4) is 0 Å². The van der Waals surface area contributed by atoms with Gasteiger partial charge < -0.3 is 9.80 Å². The second-order valence-corrected chi connectivity index (χ2v) is 10.8. The van der Waals surface area contributed by atoms with E-state index in [9.17, 15) is 8.42 Å². The van der Waals surface area contributed by atoms with Crippen LogP contribution in [-0.2, 0) is 15.5 Å². The van der Waals surface area contributed by atoms with Crippen molar-refractivity contribution in [2.24, 2.45) is 0 Å². The Morgan fingerprint density at radius 3 is 2.45 bits per heavy atom. The molecule has 0 N–H and O–H groups in total. The number of hydrogen-bond acceptors (Lipinski definition) is 7. The number of sulfone groups is 1. The van der Waals surface area contributed by atoms with Crippen molar-refractivity contribution in [1.29, 1.82) is 0 Å². The van der Waals surface area contributed by atoms with Gasteiger partial charge in [-0.25, -0.2) is 22.8 Å². The lowest BCUT2D eigenvalue weighted by Crippen LogP contribution is -2.58. The molecule has 0 aliphatic carbocycles. The highest BCUT2D eigenvalue weighted by atomic mass is 32.2. The summed E-state index contributed by atoms with van der Waals surface area (Å²) in [6.45, 7) is 1.36. The molecule has 0 saturated carbocycles. The highest BCUT2D eigenvalue weighted by Gasteiger charge is 2.49. The lowest BCUT2D eigenvalue weighted by molar-refractivity contribution is 0.114. The van der Waals surface area contributed by atoms with Gasteiger partial charge in [-0.15, -0.1) is 0 Å². The summed E-state index contributed by atoms with van der Waals surface area (Å²) in [7, 11) is -3.07. The van der Waals surface area contributed by atoms with Crippen molar-refractivity contribution in [2.45, 2.75) is 23.8 Å². The zero-order chi connectivity index (χ0) is 21.6. The maximum atomic E-state index is 15.9. The van der Waals surface area contributed by atoms with Gasteiger partial charge in [-0.3, -0.25) is 4.98 Å². The SMILES string of the molecule is CS(=O)(=O)C1CCN(c2nccnc2C2(F)CN(c3ccc4ccccc4n3)C2)CC1. The van der Waals surface area contributed by atoms with E-state index in [0.29, 0.717) is 37.4 Å². The first-order chi connectivity index (χ1) is 14.8. The highest BCUT2D eigenvalue weighted by molar-refractivity contribution is 7.91. The lowest BCUT2D eigenvalue weighted by atomic mass is 9.91. The number of fused-ring (bicyclic) bond motifs is 1. The molecular weight excluding hydrogens is 417 g/mol. The monoisotopic (exact) mass is 441 g/mol. The summed E-state index contributed by atoms with van der Waals surface area (Å²) in [5, 5.41) is 0.702. The number of rotatable bonds is 4. The molecule has 0 bridgehead atoms. The molecule has 0 atom stereocenters. The predicted octanol–water partition coefficient (Wildman–Crippen LogP) is 2.72. The summed E-state index contributed by atoms with van der Waals surface area (Å²) >= 11 is 0. The number of benzene rings is 1. The first-order valence-corrected chi connectivity index (χ1v) is 12.3. The van der Waals surface area contributed by atoms with Crippen LogP contribution in [0.25, 0.3) is 10.9 Å². The Labute approximate surface area is 180 Å². The number of pyridine rings is 1. The topological polar surface area (TPSA) is 79.3 Å².